The van der Waals surface area contributed by atoms with Crippen molar-refractivity contribution < 1.29 is 63.3 Å². The fourth-order valence-electron chi connectivity index (χ4n) is 4.51. The first kappa shape index (κ1) is 44.4. The van der Waals surface area contributed by atoms with Crippen LogP contribution in [0.4, 0.5) is 44.3 Å². The molecule has 0 saturated carbocycles. The Morgan fingerprint density at radius 3 is 2.17 bits per heavy atom. The predicted octanol–water partition coefficient (Wildman–Crippen LogP) is 7.70. The number of cyclic esters (lactones) is 1. The van der Waals surface area contributed by atoms with E-state index in [4.69, 9.17) is 14.2 Å². The third-order valence-corrected chi connectivity index (χ3v) is 6.84. The van der Waals surface area contributed by atoms with Gasteiger partial charge in [-0.15, -0.1) is 0 Å². The minimum absolute atomic E-state index is 0.0325. The molecule has 1 aromatic carbocycles. The SMILES string of the molecule is C=N/C=C(\C=C(/CCC(=O)OCC)CN1C(=O)OC(c2cc(F)cc(C(F)(F)F)c2)C1C)C(F)(F)F.CF.CF.CNC1CCOCC1. The zero-order valence-corrected chi connectivity index (χ0v) is 27.3. The Morgan fingerprint density at radius 2 is 1.69 bits per heavy atom. The van der Waals surface area contributed by atoms with Crippen LogP contribution in [-0.2, 0) is 25.2 Å². The number of halogens is 9. The standard InChI is InChI=1S/C23H23F7N2O4.C6H13NO.2CH3F/c1-4-35-19(33)6-5-14(7-17(11-31-3)23(28,29)30)12-32-13(2)20(36-21(32)34)15-8-16(22(25,26)27)10-18(24)9-15;1-7-6-2-4-8-5-3-6;2*1-2/h7-11,13,20H,3-6,12H2,1-2H3;6-7H,2-5H2,1H3;2*1H3/b14-7+,17-11+;;;. The average molecular weight is 708 g/mol. The van der Waals surface area contributed by atoms with Crippen LogP contribution in [-0.4, -0.2) is 89.7 Å². The molecule has 8 nitrogen and oxygen atoms in total. The summed E-state index contributed by atoms with van der Waals surface area (Å²) in [6, 6.07) is 1.44. The first-order chi connectivity index (χ1) is 22.6. The van der Waals surface area contributed by atoms with Crippen molar-refractivity contribution >= 4 is 18.8 Å². The van der Waals surface area contributed by atoms with Gasteiger partial charge in [0.2, 0.25) is 0 Å². The van der Waals surface area contributed by atoms with Crippen LogP contribution >= 0.6 is 0 Å². The number of carbonyl (C=O) groups is 2. The molecule has 0 aromatic heterocycles. The van der Waals surface area contributed by atoms with Gasteiger partial charge in [0.05, 0.1) is 38.1 Å². The van der Waals surface area contributed by atoms with Gasteiger partial charge in [0.1, 0.15) is 11.9 Å². The van der Waals surface area contributed by atoms with Crippen LogP contribution in [0.1, 0.15) is 56.8 Å². The predicted molar refractivity (Wildman–Crippen MR) is 161 cm³/mol. The van der Waals surface area contributed by atoms with Gasteiger partial charge in [0, 0.05) is 38.4 Å². The van der Waals surface area contributed by atoms with Crippen LogP contribution < -0.4 is 5.32 Å². The van der Waals surface area contributed by atoms with Gasteiger partial charge in [-0.25, -0.2) is 9.18 Å². The van der Waals surface area contributed by atoms with Crippen molar-refractivity contribution in [2.45, 2.75) is 70.1 Å². The number of hydrogen-bond donors (Lipinski definition) is 1. The number of ether oxygens (including phenoxy) is 3. The number of carbonyl (C=O) groups excluding carboxylic acids is 2. The number of rotatable bonds is 10. The lowest BCUT2D eigenvalue weighted by Crippen LogP contribution is -2.34. The minimum atomic E-state index is -4.86. The molecule has 1 aromatic rings. The zero-order chi connectivity index (χ0) is 37.1. The fourth-order valence-corrected chi connectivity index (χ4v) is 4.51. The molecule has 2 fully saturated rings. The van der Waals surface area contributed by atoms with Crippen LogP contribution in [0.5, 0.6) is 0 Å². The lowest BCUT2D eigenvalue weighted by molar-refractivity contribution is -0.143. The Morgan fingerprint density at radius 1 is 1.08 bits per heavy atom. The van der Waals surface area contributed by atoms with E-state index >= 15 is 0 Å². The van der Waals surface area contributed by atoms with Gasteiger partial charge in [-0.1, -0.05) is 0 Å². The van der Waals surface area contributed by atoms with Crippen molar-refractivity contribution in [1.29, 1.82) is 0 Å². The highest BCUT2D eigenvalue weighted by Crippen LogP contribution is 2.38. The van der Waals surface area contributed by atoms with E-state index in [1.165, 1.54) is 19.8 Å². The van der Waals surface area contributed by atoms with Crippen LogP contribution in [0.2, 0.25) is 0 Å². The van der Waals surface area contributed by atoms with Crippen molar-refractivity contribution in [1.82, 2.24) is 10.2 Å². The number of amides is 1. The molecule has 1 N–H and O–H groups in total. The summed E-state index contributed by atoms with van der Waals surface area (Å²) in [4.78, 5) is 28.4. The maximum atomic E-state index is 13.9. The molecule has 2 unspecified atom stereocenters. The molecule has 0 spiro atoms. The van der Waals surface area contributed by atoms with Gasteiger partial charge >= 0.3 is 24.4 Å². The molecule has 2 heterocycles. The third kappa shape index (κ3) is 15.1. The normalized spacial score (nSPS) is 18.7. The summed E-state index contributed by atoms with van der Waals surface area (Å²) in [6.07, 6.45) is -9.06. The highest BCUT2D eigenvalue weighted by Gasteiger charge is 2.42. The lowest BCUT2D eigenvalue weighted by atomic mass is 9.99. The molecule has 17 heteroatoms. The quantitative estimate of drug-likeness (QED) is 0.116. The molecule has 2 atom stereocenters. The van der Waals surface area contributed by atoms with Gasteiger partial charge < -0.3 is 19.5 Å². The van der Waals surface area contributed by atoms with E-state index in [2.05, 4.69) is 17.0 Å². The molecular formula is C31H42F9N3O5. The Hall–Kier alpha value is -3.60. The monoisotopic (exact) mass is 707 g/mol. The van der Waals surface area contributed by atoms with Crippen LogP contribution in [0.3, 0.4) is 0 Å². The second kappa shape index (κ2) is 22.1. The number of alkyl halides is 8. The Balaban J connectivity index is 0.00000156. The molecule has 1 amide bonds. The summed E-state index contributed by atoms with van der Waals surface area (Å²) in [5.74, 6) is -1.88. The number of nitrogens with one attached hydrogen (secondary N) is 1. The molecule has 0 aliphatic carbocycles. The van der Waals surface area contributed by atoms with E-state index in [1.807, 2.05) is 7.05 Å². The van der Waals surface area contributed by atoms with Gasteiger partial charge in [0.25, 0.3) is 0 Å². The topological polar surface area (TPSA) is 89.5 Å². The van der Waals surface area contributed by atoms with Gasteiger partial charge in [0.15, 0.2) is 0 Å². The summed E-state index contributed by atoms with van der Waals surface area (Å²) in [5.41, 5.74) is -2.79. The average Bonchev–Trinajstić information content (AvgIpc) is 3.33. The first-order valence-corrected chi connectivity index (χ1v) is 14.5. The number of hydrogen-bond acceptors (Lipinski definition) is 7. The Labute approximate surface area is 274 Å². The maximum absolute atomic E-state index is 13.9. The number of aliphatic imine (C=N–C) groups is 1. The summed E-state index contributed by atoms with van der Waals surface area (Å²) >= 11 is 0. The Kier molecular flexibility index (Phi) is 20.5. The van der Waals surface area contributed by atoms with E-state index in [9.17, 15) is 49.1 Å². The number of esters is 1. The van der Waals surface area contributed by atoms with E-state index in [0.29, 0.717) is 38.7 Å². The van der Waals surface area contributed by atoms with E-state index in [1.54, 1.807) is 6.92 Å². The number of benzene rings is 1. The van der Waals surface area contributed by atoms with Crippen LogP contribution in [0.25, 0.3) is 0 Å². The van der Waals surface area contributed by atoms with Crippen molar-refractivity contribution in [3.63, 3.8) is 0 Å². The van der Waals surface area contributed by atoms with Gasteiger partial charge in [-0.3, -0.25) is 23.5 Å². The van der Waals surface area contributed by atoms with Crippen molar-refractivity contribution in [3.8, 4) is 0 Å². The highest BCUT2D eigenvalue weighted by molar-refractivity contribution is 5.72. The van der Waals surface area contributed by atoms with Gasteiger partial charge in [-0.05, 0) is 82.3 Å². The Bertz CT molecular complexity index is 1200. The first-order valence-electron chi connectivity index (χ1n) is 14.5. The summed E-state index contributed by atoms with van der Waals surface area (Å²) in [7, 11) is 3.01. The molecule has 2 aliphatic heterocycles. The molecular weight excluding hydrogens is 665 g/mol. The summed E-state index contributed by atoms with van der Waals surface area (Å²) < 4.78 is 127. The molecule has 0 bridgehead atoms. The van der Waals surface area contributed by atoms with E-state index < -0.39 is 60.1 Å². The number of nitrogens with zero attached hydrogens (tertiary/aromatic N) is 2. The lowest BCUT2D eigenvalue weighted by Gasteiger charge is -2.23. The zero-order valence-electron chi connectivity index (χ0n) is 27.3. The van der Waals surface area contributed by atoms with Gasteiger partial charge in [-0.2, -0.15) is 26.3 Å². The minimum Gasteiger partial charge on any atom is -0.466 e. The summed E-state index contributed by atoms with van der Waals surface area (Å²) in [5, 5.41) is 3.22. The maximum Gasteiger partial charge on any atom is 0.417 e. The number of allylic oxidation sites excluding steroid dienone is 2. The van der Waals surface area contributed by atoms with Crippen molar-refractivity contribution in [2.75, 3.05) is 47.8 Å². The smallest absolute Gasteiger partial charge is 0.417 e. The molecule has 274 valence electrons. The molecule has 0 radical (unpaired) electrons. The second-order valence-electron chi connectivity index (χ2n) is 9.99. The molecule has 3 rings (SSSR count). The van der Waals surface area contributed by atoms with Crippen molar-refractivity contribution in [3.05, 3.63) is 58.6 Å². The third-order valence-electron chi connectivity index (χ3n) is 6.84. The van der Waals surface area contributed by atoms with Crippen LogP contribution in [0.15, 0.2) is 46.6 Å². The largest absolute Gasteiger partial charge is 0.466 e. The summed E-state index contributed by atoms with van der Waals surface area (Å²) in [6.45, 7) is 7.41. The highest BCUT2D eigenvalue weighted by atomic mass is 19.4. The van der Waals surface area contributed by atoms with Crippen LogP contribution in [0, 0.1) is 5.82 Å². The molecule has 48 heavy (non-hydrogen) atoms. The second-order valence-corrected chi connectivity index (χ2v) is 9.99. The van der Waals surface area contributed by atoms with Crippen molar-refractivity contribution in [2.24, 2.45) is 4.99 Å². The molecule has 2 saturated heterocycles. The fraction of sp³-hybridized carbons (Fsp3) is 0.581. The van der Waals surface area contributed by atoms with E-state index in [-0.39, 0.29) is 36.7 Å². The molecule has 2 aliphatic rings. The van der Waals surface area contributed by atoms with E-state index in [0.717, 1.165) is 24.2 Å².